The molecule has 0 aromatic carbocycles. The van der Waals surface area contributed by atoms with Gasteiger partial charge in [-0.2, -0.15) is 0 Å². The Morgan fingerprint density at radius 1 is 1.47 bits per heavy atom. The Morgan fingerprint density at radius 3 is 3.21 bits per heavy atom. The number of rotatable bonds is 2. The molecule has 0 radical (unpaired) electrons. The molecule has 3 aliphatic rings. The van der Waals surface area contributed by atoms with E-state index in [1.807, 2.05) is 6.07 Å². The second-order valence-electron chi connectivity index (χ2n) is 5.66. The normalized spacial score (nSPS) is 31.1. The van der Waals surface area contributed by atoms with Crippen molar-refractivity contribution in [3.8, 4) is 5.75 Å². The molecule has 19 heavy (non-hydrogen) atoms. The Balaban J connectivity index is 1.53. The van der Waals surface area contributed by atoms with E-state index < -0.39 is 0 Å². The molecule has 3 unspecified atom stereocenters. The van der Waals surface area contributed by atoms with E-state index in [9.17, 15) is 4.79 Å². The summed E-state index contributed by atoms with van der Waals surface area (Å²) in [5.74, 6) is 1.17. The predicted molar refractivity (Wildman–Crippen MR) is 69.2 cm³/mol. The third-order valence-corrected chi connectivity index (χ3v) is 4.50. The number of aromatic nitrogens is 1. The monoisotopic (exact) mass is 259 g/mol. The fourth-order valence-corrected chi connectivity index (χ4v) is 3.52. The summed E-state index contributed by atoms with van der Waals surface area (Å²) in [5, 5.41) is 6.58. The molecule has 5 nitrogen and oxygen atoms in total. The quantitative estimate of drug-likeness (QED) is 0.811. The first-order valence-electron chi connectivity index (χ1n) is 6.96. The van der Waals surface area contributed by atoms with E-state index in [0.717, 1.165) is 24.9 Å². The Hall–Kier alpha value is -1.62. The van der Waals surface area contributed by atoms with Gasteiger partial charge >= 0.3 is 0 Å². The van der Waals surface area contributed by atoms with Crippen LogP contribution >= 0.6 is 0 Å². The van der Waals surface area contributed by atoms with Crippen LogP contribution in [-0.2, 0) is 6.42 Å². The zero-order valence-corrected chi connectivity index (χ0v) is 10.7. The number of nitrogens with zero attached hydrogens (tertiary/aromatic N) is 1. The highest BCUT2D eigenvalue weighted by Crippen LogP contribution is 2.32. The second-order valence-corrected chi connectivity index (χ2v) is 5.66. The van der Waals surface area contributed by atoms with Gasteiger partial charge in [-0.3, -0.25) is 4.79 Å². The van der Waals surface area contributed by atoms with Crippen LogP contribution in [0.5, 0.6) is 5.75 Å². The molecule has 1 aromatic rings. The molecular formula is C14H17N3O2. The SMILES string of the molecule is O=C(NC1CC2CC1CN2)c1nccc2c1OCC2. The van der Waals surface area contributed by atoms with Crippen LogP contribution < -0.4 is 15.4 Å². The lowest BCUT2D eigenvalue weighted by atomic mass is 10.0. The maximum absolute atomic E-state index is 12.4. The molecule has 1 aromatic heterocycles. The molecule has 2 bridgehead atoms. The van der Waals surface area contributed by atoms with Crippen molar-refractivity contribution in [1.29, 1.82) is 0 Å². The molecule has 2 aliphatic heterocycles. The molecule has 100 valence electrons. The Kier molecular flexibility index (Phi) is 2.48. The average molecular weight is 259 g/mol. The van der Waals surface area contributed by atoms with Crippen molar-refractivity contribution in [2.24, 2.45) is 5.92 Å². The molecular weight excluding hydrogens is 242 g/mol. The van der Waals surface area contributed by atoms with Crippen LogP contribution in [0.15, 0.2) is 12.3 Å². The zero-order valence-electron chi connectivity index (χ0n) is 10.7. The van der Waals surface area contributed by atoms with Crippen LogP contribution in [0.25, 0.3) is 0 Å². The van der Waals surface area contributed by atoms with Gasteiger partial charge in [-0.05, 0) is 24.8 Å². The summed E-state index contributed by atoms with van der Waals surface area (Å²) in [7, 11) is 0. The van der Waals surface area contributed by atoms with Crippen molar-refractivity contribution in [3.63, 3.8) is 0 Å². The minimum absolute atomic E-state index is 0.0868. The molecule has 2 N–H and O–H groups in total. The van der Waals surface area contributed by atoms with Crippen molar-refractivity contribution in [3.05, 3.63) is 23.5 Å². The van der Waals surface area contributed by atoms with E-state index >= 15 is 0 Å². The highest BCUT2D eigenvalue weighted by Gasteiger charge is 2.40. The first-order chi connectivity index (χ1) is 9.31. The topological polar surface area (TPSA) is 63.2 Å². The summed E-state index contributed by atoms with van der Waals surface area (Å²) >= 11 is 0. The Bertz CT molecular complexity index is 531. The van der Waals surface area contributed by atoms with E-state index in [4.69, 9.17) is 4.74 Å². The number of carbonyl (C=O) groups is 1. The van der Waals surface area contributed by atoms with Gasteiger partial charge in [0, 0.05) is 36.8 Å². The van der Waals surface area contributed by atoms with Crippen LogP contribution in [0.2, 0.25) is 0 Å². The van der Waals surface area contributed by atoms with Crippen molar-refractivity contribution in [2.75, 3.05) is 13.2 Å². The highest BCUT2D eigenvalue weighted by molar-refractivity contribution is 5.95. The number of carbonyl (C=O) groups excluding carboxylic acids is 1. The molecule has 1 saturated heterocycles. The summed E-state index contributed by atoms with van der Waals surface area (Å²) < 4.78 is 5.54. The maximum atomic E-state index is 12.4. The molecule has 3 heterocycles. The number of fused-ring (bicyclic) bond motifs is 3. The summed E-state index contributed by atoms with van der Waals surface area (Å²) in [6, 6.07) is 2.81. The fraction of sp³-hybridized carbons (Fsp3) is 0.571. The van der Waals surface area contributed by atoms with Crippen LogP contribution in [0.4, 0.5) is 0 Å². The zero-order chi connectivity index (χ0) is 12.8. The van der Waals surface area contributed by atoms with Gasteiger partial charge in [-0.25, -0.2) is 4.98 Å². The maximum Gasteiger partial charge on any atom is 0.273 e. The summed E-state index contributed by atoms with van der Waals surface area (Å²) in [4.78, 5) is 16.6. The lowest BCUT2D eigenvalue weighted by molar-refractivity contribution is 0.0916. The number of pyridine rings is 1. The van der Waals surface area contributed by atoms with E-state index in [2.05, 4.69) is 15.6 Å². The van der Waals surface area contributed by atoms with E-state index in [-0.39, 0.29) is 11.9 Å². The summed E-state index contributed by atoms with van der Waals surface area (Å²) in [6.45, 7) is 1.67. The van der Waals surface area contributed by atoms with Crippen LogP contribution in [0, 0.1) is 5.92 Å². The van der Waals surface area contributed by atoms with Gasteiger partial charge in [0.05, 0.1) is 6.61 Å². The van der Waals surface area contributed by atoms with E-state index in [0.29, 0.717) is 30.0 Å². The van der Waals surface area contributed by atoms with Gasteiger partial charge in [0.25, 0.3) is 5.91 Å². The third-order valence-electron chi connectivity index (χ3n) is 4.50. The molecule has 1 aliphatic carbocycles. The number of ether oxygens (including phenoxy) is 1. The summed E-state index contributed by atoms with van der Waals surface area (Å²) in [5.41, 5.74) is 1.54. The molecule has 5 heteroatoms. The smallest absolute Gasteiger partial charge is 0.273 e. The van der Waals surface area contributed by atoms with Gasteiger partial charge in [-0.1, -0.05) is 0 Å². The predicted octanol–water partition coefficient (Wildman–Crippen LogP) is 0.497. The average Bonchev–Trinajstić information content (AvgIpc) is 3.13. The molecule has 0 spiro atoms. The highest BCUT2D eigenvalue weighted by atomic mass is 16.5. The minimum Gasteiger partial charge on any atom is -0.490 e. The van der Waals surface area contributed by atoms with Crippen molar-refractivity contribution in [2.45, 2.75) is 31.3 Å². The lowest BCUT2D eigenvalue weighted by Gasteiger charge is -2.23. The number of nitrogens with one attached hydrogen (secondary N) is 2. The first kappa shape index (κ1) is 11.2. The van der Waals surface area contributed by atoms with Crippen LogP contribution in [-0.4, -0.2) is 36.1 Å². The van der Waals surface area contributed by atoms with Crippen molar-refractivity contribution in [1.82, 2.24) is 15.6 Å². The van der Waals surface area contributed by atoms with Gasteiger partial charge in [0.1, 0.15) is 0 Å². The van der Waals surface area contributed by atoms with Gasteiger partial charge in [0.2, 0.25) is 0 Å². The second kappa shape index (κ2) is 4.20. The number of piperidine rings is 1. The minimum atomic E-state index is -0.0868. The van der Waals surface area contributed by atoms with E-state index in [1.165, 1.54) is 6.42 Å². The van der Waals surface area contributed by atoms with Gasteiger partial charge in [-0.15, -0.1) is 0 Å². The number of amides is 1. The van der Waals surface area contributed by atoms with Crippen LogP contribution in [0.3, 0.4) is 0 Å². The number of hydrogen-bond donors (Lipinski definition) is 2. The van der Waals surface area contributed by atoms with Crippen molar-refractivity contribution >= 4 is 5.91 Å². The standard InChI is InChI=1S/C14H17N3O2/c18-14(17-11-6-10-5-9(11)7-16-10)12-13-8(1-3-15-12)2-4-19-13/h1,3,9-11,16H,2,4-7H2,(H,17,18). The Morgan fingerprint density at radius 2 is 2.42 bits per heavy atom. The van der Waals surface area contributed by atoms with Crippen LogP contribution in [0.1, 0.15) is 28.9 Å². The fourth-order valence-electron chi connectivity index (χ4n) is 3.52. The molecule has 1 saturated carbocycles. The van der Waals surface area contributed by atoms with E-state index in [1.54, 1.807) is 6.20 Å². The van der Waals surface area contributed by atoms with Gasteiger partial charge < -0.3 is 15.4 Å². The van der Waals surface area contributed by atoms with Gasteiger partial charge in [0.15, 0.2) is 11.4 Å². The van der Waals surface area contributed by atoms with Crippen molar-refractivity contribution < 1.29 is 9.53 Å². The number of hydrogen-bond acceptors (Lipinski definition) is 4. The summed E-state index contributed by atoms with van der Waals surface area (Å²) in [6.07, 6.45) is 4.79. The largest absolute Gasteiger partial charge is 0.490 e. The molecule has 3 atom stereocenters. The molecule has 4 rings (SSSR count). The lowest BCUT2D eigenvalue weighted by Crippen LogP contribution is -2.44. The third kappa shape index (κ3) is 1.80. The Labute approximate surface area is 111 Å². The first-order valence-corrected chi connectivity index (χ1v) is 6.96. The molecule has 2 fully saturated rings. The molecule has 1 amide bonds.